The lowest BCUT2D eigenvalue weighted by atomic mass is 10.0. The molecule has 2 nitrogen and oxygen atoms in total. The third kappa shape index (κ3) is 4.00. The van der Waals surface area contributed by atoms with E-state index in [9.17, 15) is 4.21 Å². The van der Waals surface area contributed by atoms with Crippen molar-refractivity contribution < 1.29 is 4.21 Å². The molecule has 1 aromatic rings. The van der Waals surface area contributed by atoms with Gasteiger partial charge < -0.3 is 5.73 Å². The SMILES string of the molecule is CCC(C)C(N)CS(=O)c1ccc(Br)cc1. The van der Waals surface area contributed by atoms with Gasteiger partial charge in [-0.1, -0.05) is 36.2 Å². The van der Waals surface area contributed by atoms with Crippen LogP contribution in [0.5, 0.6) is 0 Å². The predicted octanol–water partition coefficient (Wildman–Crippen LogP) is 2.93. The molecule has 90 valence electrons. The Morgan fingerprint density at radius 1 is 1.38 bits per heavy atom. The molecule has 0 aliphatic rings. The molecule has 0 spiro atoms. The number of rotatable bonds is 5. The number of hydrogen-bond donors (Lipinski definition) is 1. The zero-order valence-corrected chi connectivity index (χ0v) is 12.1. The highest BCUT2D eigenvalue weighted by atomic mass is 79.9. The van der Waals surface area contributed by atoms with Gasteiger partial charge in [0.05, 0.1) is 10.8 Å². The van der Waals surface area contributed by atoms with Gasteiger partial charge in [-0.3, -0.25) is 4.21 Å². The fourth-order valence-corrected chi connectivity index (χ4v) is 2.90. The van der Waals surface area contributed by atoms with Gasteiger partial charge in [-0.2, -0.15) is 0 Å². The molecule has 0 saturated heterocycles. The summed E-state index contributed by atoms with van der Waals surface area (Å²) >= 11 is 3.36. The van der Waals surface area contributed by atoms with Crippen molar-refractivity contribution in [2.75, 3.05) is 5.75 Å². The zero-order chi connectivity index (χ0) is 12.1. The lowest BCUT2D eigenvalue weighted by molar-refractivity contribution is 0.472. The Labute approximate surface area is 108 Å². The van der Waals surface area contributed by atoms with Gasteiger partial charge in [-0.05, 0) is 30.2 Å². The Kier molecular flexibility index (Phi) is 5.66. The summed E-state index contributed by atoms with van der Waals surface area (Å²) in [5.41, 5.74) is 5.99. The first-order chi connectivity index (χ1) is 7.54. The van der Waals surface area contributed by atoms with E-state index in [0.717, 1.165) is 15.8 Å². The van der Waals surface area contributed by atoms with E-state index in [1.807, 2.05) is 24.3 Å². The summed E-state index contributed by atoms with van der Waals surface area (Å²) in [4.78, 5) is 0.849. The highest BCUT2D eigenvalue weighted by Crippen LogP contribution is 2.15. The Morgan fingerprint density at radius 2 is 1.94 bits per heavy atom. The van der Waals surface area contributed by atoms with Crippen LogP contribution >= 0.6 is 15.9 Å². The molecule has 1 rings (SSSR count). The van der Waals surface area contributed by atoms with Crippen LogP contribution in [0.1, 0.15) is 20.3 Å². The van der Waals surface area contributed by atoms with Crippen LogP contribution in [0.3, 0.4) is 0 Å². The van der Waals surface area contributed by atoms with Crippen LogP contribution in [0.15, 0.2) is 33.6 Å². The van der Waals surface area contributed by atoms with Crippen LogP contribution in [0.4, 0.5) is 0 Å². The van der Waals surface area contributed by atoms with E-state index in [1.54, 1.807) is 0 Å². The first-order valence-electron chi connectivity index (χ1n) is 5.44. The van der Waals surface area contributed by atoms with Crippen LogP contribution in [-0.2, 0) is 10.8 Å². The molecule has 1 aromatic carbocycles. The Hall–Kier alpha value is -0.190. The summed E-state index contributed by atoms with van der Waals surface area (Å²) in [5.74, 6) is 0.954. The lowest BCUT2D eigenvalue weighted by Crippen LogP contribution is -2.33. The monoisotopic (exact) mass is 303 g/mol. The van der Waals surface area contributed by atoms with E-state index in [4.69, 9.17) is 5.73 Å². The maximum absolute atomic E-state index is 12.0. The van der Waals surface area contributed by atoms with Gasteiger partial charge in [0.15, 0.2) is 0 Å². The van der Waals surface area contributed by atoms with E-state index < -0.39 is 10.8 Å². The second-order valence-corrected chi connectivity index (χ2v) is 6.43. The topological polar surface area (TPSA) is 43.1 Å². The van der Waals surface area contributed by atoms with Gasteiger partial charge in [0, 0.05) is 21.2 Å². The molecular weight excluding hydrogens is 286 g/mol. The molecule has 0 fully saturated rings. The molecule has 3 unspecified atom stereocenters. The quantitative estimate of drug-likeness (QED) is 0.909. The largest absolute Gasteiger partial charge is 0.327 e. The summed E-state index contributed by atoms with van der Waals surface area (Å²) in [6, 6.07) is 7.58. The van der Waals surface area contributed by atoms with Crippen LogP contribution in [0.25, 0.3) is 0 Å². The van der Waals surface area contributed by atoms with Crippen LogP contribution in [-0.4, -0.2) is 16.0 Å². The minimum atomic E-state index is -0.990. The third-order valence-electron chi connectivity index (χ3n) is 2.80. The highest BCUT2D eigenvalue weighted by molar-refractivity contribution is 9.10. The highest BCUT2D eigenvalue weighted by Gasteiger charge is 2.15. The van der Waals surface area contributed by atoms with E-state index >= 15 is 0 Å². The lowest BCUT2D eigenvalue weighted by Gasteiger charge is -2.17. The maximum atomic E-state index is 12.0. The second kappa shape index (κ2) is 6.52. The van der Waals surface area contributed by atoms with Gasteiger partial charge in [-0.15, -0.1) is 0 Å². The Balaban J connectivity index is 2.62. The van der Waals surface area contributed by atoms with Crippen molar-refractivity contribution in [1.29, 1.82) is 0 Å². The molecule has 0 radical (unpaired) electrons. The Bertz CT molecular complexity index is 353. The van der Waals surface area contributed by atoms with Gasteiger partial charge >= 0.3 is 0 Å². The molecule has 0 saturated carbocycles. The van der Waals surface area contributed by atoms with Crippen LogP contribution in [0, 0.1) is 5.92 Å². The average Bonchev–Trinajstić information content (AvgIpc) is 2.28. The molecule has 16 heavy (non-hydrogen) atoms. The molecule has 0 aliphatic carbocycles. The van der Waals surface area contributed by atoms with Crippen LogP contribution < -0.4 is 5.73 Å². The van der Waals surface area contributed by atoms with Crippen molar-refractivity contribution in [1.82, 2.24) is 0 Å². The summed E-state index contributed by atoms with van der Waals surface area (Å²) < 4.78 is 13.0. The summed E-state index contributed by atoms with van der Waals surface area (Å²) in [6.07, 6.45) is 1.03. The zero-order valence-electron chi connectivity index (χ0n) is 9.65. The molecular formula is C12H18BrNOS. The summed E-state index contributed by atoms with van der Waals surface area (Å²) in [5, 5.41) is 0. The predicted molar refractivity (Wildman–Crippen MR) is 72.8 cm³/mol. The first-order valence-corrected chi connectivity index (χ1v) is 7.55. The van der Waals surface area contributed by atoms with E-state index in [-0.39, 0.29) is 6.04 Å². The molecule has 0 heterocycles. The van der Waals surface area contributed by atoms with E-state index in [1.165, 1.54) is 0 Å². The van der Waals surface area contributed by atoms with Crippen molar-refractivity contribution in [2.24, 2.45) is 11.7 Å². The van der Waals surface area contributed by atoms with Crippen molar-refractivity contribution >= 4 is 26.7 Å². The second-order valence-electron chi connectivity index (χ2n) is 4.02. The van der Waals surface area contributed by atoms with Crippen molar-refractivity contribution in [3.8, 4) is 0 Å². The van der Waals surface area contributed by atoms with E-state index in [2.05, 4.69) is 29.8 Å². The van der Waals surface area contributed by atoms with Crippen molar-refractivity contribution in [2.45, 2.75) is 31.2 Å². The normalized spacial score (nSPS) is 16.8. The number of halogens is 1. The Morgan fingerprint density at radius 3 is 2.44 bits per heavy atom. The average molecular weight is 304 g/mol. The van der Waals surface area contributed by atoms with Gasteiger partial charge in [-0.25, -0.2) is 0 Å². The minimum absolute atomic E-state index is 0.00878. The van der Waals surface area contributed by atoms with Gasteiger partial charge in [0.1, 0.15) is 0 Å². The molecule has 0 aliphatic heterocycles. The first kappa shape index (κ1) is 13.9. The fourth-order valence-electron chi connectivity index (χ4n) is 1.32. The minimum Gasteiger partial charge on any atom is -0.327 e. The molecule has 0 bridgehead atoms. The third-order valence-corrected chi connectivity index (χ3v) is 4.81. The molecule has 4 heteroatoms. The molecule has 2 N–H and O–H groups in total. The van der Waals surface area contributed by atoms with Crippen molar-refractivity contribution in [3.05, 3.63) is 28.7 Å². The van der Waals surface area contributed by atoms with Gasteiger partial charge in [0.2, 0.25) is 0 Å². The summed E-state index contributed by atoms with van der Waals surface area (Å²) in [7, 11) is -0.990. The molecule has 0 aromatic heterocycles. The van der Waals surface area contributed by atoms with Crippen molar-refractivity contribution in [3.63, 3.8) is 0 Å². The summed E-state index contributed by atoms with van der Waals surface area (Å²) in [6.45, 7) is 4.20. The number of benzene rings is 1. The number of hydrogen-bond acceptors (Lipinski definition) is 2. The maximum Gasteiger partial charge on any atom is 0.0545 e. The standard InChI is InChI=1S/C12H18BrNOS/c1-3-9(2)12(14)8-16(15)11-6-4-10(13)5-7-11/h4-7,9,12H,3,8,14H2,1-2H3. The van der Waals surface area contributed by atoms with Crippen LogP contribution in [0.2, 0.25) is 0 Å². The smallest absolute Gasteiger partial charge is 0.0545 e. The molecule has 3 atom stereocenters. The fraction of sp³-hybridized carbons (Fsp3) is 0.500. The number of nitrogens with two attached hydrogens (primary N) is 1. The van der Waals surface area contributed by atoms with Gasteiger partial charge in [0.25, 0.3) is 0 Å². The molecule has 0 amide bonds. The van der Waals surface area contributed by atoms with E-state index in [0.29, 0.717) is 11.7 Å².